The van der Waals surface area contributed by atoms with E-state index in [0.29, 0.717) is 43.0 Å². The molecular weight excluding hydrogens is 469 g/mol. The number of ether oxygens (including phenoxy) is 2. The molecule has 2 fully saturated rings. The van der Waals surface area contributed by atoms with Gasteiger partial charge in [0.05, 0.1) is 12.2 Å². The highest BCUT2D eigenvalue weighted by Gasteiger charge is 2.36. The normalized spacial score (nSPS) is 17.6. The second-order valence-corrected chi connectivity index (χ2v) is 8.49. The highest BCUT2D eigenvalue weighted by molar-refractivity contribution is 5.90. The summed E-state index contributed by atoms with van der Waals surface area (Å²) in [7, 11) is 1.54. The van der Waals surface area contributed by atoms with Gasteiger partial charge in [0, 0.05) is 57.5 Å². The molecule has 2 aliphatic heterocycles. The maximum atomic E-state index is 15.0. The van der Waals surface area contributed by atoms with E-state index in [1.165, 1.54) is 28.9 Å². The van der Waals surface area contributed by atoms with Crippen LogP contribution in [0.5, 0.6) is 0 Å². The molecule has 4 rings (SSSR count). The molecule has 0 bridgehead atoms. The summed E-state index contributed by atoms with van der Waals surface area (Å²) in [5.74, 6) is -0.0137. The molecule has 0 unspecified atom stereocenters. The molecule has 10 nitrogen and oxygen atoms in total. The first-order valence-corrected chi connectivity index (χ1v) is 11.5. The van der Waals surface area contributed by atoms with Crippen LogP contribution in [0.25, 0.3) is 11.1 Å². The molecule has 3 heterocycles. The van der Waals surface area contributed by atoms with Crippen molar-refractivity contribution in [2.75, 3.05) is 56.2 Å². The molecule has 2 aliphatic rings. The van der Waals surface area contributed by atoms with Gasteiger partial charge in [0.15, 0.2) is 6.23 Å². The molecule has 36 heavy (non-hydrogen) atoms. The number of rotatable bonds is 6. The number of hydrogen-bond acceptors (Lipinski definition) is 7. The lowest BCUT2D eigenvalue weighted by Crippen LogP contribution is -2.49. The van der Waals surface area contributed by atoms with Crippen LogP contribution < -0.4 is 9.80 Å². The quantitative estimate of drug-likeness (QED) is 0.566. The maximum Gasteiger partial charge on any atom is 0.416 e. The van der Waals surface area contributed by atoms with Crippen molar-refractivity contribution < 1.29 is 28.2 Å². The van der Waals surface area contributed by atoms with Crippen molar-refractivity contribution in [3.63, 3.8) is 0 Å². The first-order valence-electron chi connectivity index (χ1n) is 11.5. The van der Waals surface area contributed by atoms with E-state index in [1.54, 1.807) is 36.3 Å². The minimum absolute atomic E-state index is 0.114. The average molecular weight is 498 g/mol. The number of amides is 3. The van der Waals surface area contributed by atoms with E-state index in [-0.39, 0.29) is 25.2 Å². The predicted octanol–water partition coefficient (Wildman–Crippen LogP) is 3.09. The Morgan fingerprint density at radius 1 is 1.25 bits per heavy atom. The first kappa shape index (κ1) is 25.0. The topological polar surface area (TPSA) is 95.5 Å². The van der Waals surface area contributed by atoms with Crippen LogP contribution in [0.4, 0.5) is 25.5 Å². The van der Waals surface area contributed by atoms with Gasteiger partial charge in [-0.25, -0.2) is 19.0 Å². The molecule has 0 N–H and O–H groups in total. The minimum Gasteiger partial charge on any atom is -0.445 e. The van der Waals surface area contributed by atoms with Crippen molar-refractivity contribution in [2.45, 2.75) is 13.2 Å². The smallest absolute Gasteiger partial charge is 0.416 e. The molecule has 1 atom stereocenters. The molecule has 2 aromatic rings. The van der Waals surface area contributed by atoms with Crippen LogP contribution in [0, 0.1) is 5.82 Å². The molecule has 0 saturated carbocycles. The Bertz CT molecular complexity index is 1150. The number of benzene rings is 1. The summed E-state index contributed by atoms with van der Waals surface area (Å²) in [5, 5.41) is 0. The second kappa shape index (κ2) is 10.6. The number of likely N-dealkylation sites (N-methyl/N-ethyl adjacent to an activating group) is 1. The number of hydrogen-bond donors (Lipinski definition) is 0. The van der Waals surface area contributed by atoms with Crippen LogP contribution in [-0.4, -0.2) is 85.5 Å². The van der Waals surface area contributed by atoms with Crippen LogP contribution in [0.15, 0.2) is 49.2 Å². The number of carbonyl (C=O) groups is 3. The average Bonchev–Trinajstić information content (AvgIpc) is 3.28. The van der Waals surface area contributed by atoms with Gasteiger partial charge in [-0.2, -0.15) is 0 Å². The van der Waals surface area contributed by atoms with Crippen LogP contribution in [0.2, 0.25) is 0 Å². The third-order valence-electron chi connectivity index (χ3n) is 6.23. The fraction of sp³-hybridized carbons (Fsp3) is 0.360. The van der Waals surface area contributed by atoms with Gasteiger partial charge in [-0.05, 0) is 30.3 Å². The van der Waals surface area contributed by atoms with Crippen LogP contribution in [-0.2, 0) is 14.3 Å². The summed E-state index contributed by atoms with van der Waals surface area (Å²) >= 11 is 0. The monoisotopic (exact) mass is 497 g/mol. The zero-order chi connectivity index (χ0) is 25.8. The minimum atomic E-state index is -0.728. The fourth-order valence-corrected chi connectivity index (χ4v) is 4.04. The number of aromatic nitrogens is 1. The second-order valence-electron chi connectivity index (χ2n) is 8.49. The molecule has 0 radical (unpaired) electrons. The van der Waals surface area contributed by atoms with Gasteiger partial charge in [0.25, 0.3) is 0 Å². The summed E-state index contributed by atoms with van der Waals surface area (Å²) in [6.45, 7) is 7.44. The van der Waals surface area contributed by atoms with Gasteiger partial charge in [-0.3, -0.25) is 9.69 Å². The van der Waals surface area contributed by atoms with Gasteiger partial charge < -0.3 is 24.2 Å². The van der Waals surface area contributed by atoms with Crippen molar-refractivity contribution in [1.82, 2.24) is 14.8 Å². The van der Waals surface area contributed by atoms with E-state index in [4.69, 9.17) is 9.47 Å². The Morgan fingerprint density at radius 3 is 2.61 bits per heavy atom. The van der Waals surface area contributed by atoms with Crippen LogP contribution in [0.3, 0.4) is 0 Å². The number of anilines is 2. The summed E-state index contributed by atoms with van der Waals surface area (Å²) < 4.78 is 25.3. The summed E-state index contributed by atoms with van der Waals surface area (Å²) in [4.78, 5) is 46.6. The third-order valence-corrected chi connectivity index (χ3v) is 6.23. The number of pyridine rings is 1. The highest BCUT2D eigenvalue weighted by atomic mass is 19.1. The Balaban J connectivity index is 1.40. The molecule has 11 heteroatoms. The molecule has 1 aromatic carbocycles. The lowest BCUT2D eigenvalue weighted by atomic mass is 10.1. The van der Waals surface area contributed by atoms with Crippen LogP contribution in [0.1, 0.15) is 6.92 Å². The molecule has 2 saturated heterocycles. The maximum absolute atomic E-state index is 15.0. The highest BCUT2D eigenvalue weighted by Crippen LogP contribution is 2.30. The van der Waals surface area contributed by atoms with E-state index in [2.05, 4.69) is 11.6 Å². The van der Waals surface area contributed by atoms with E-state index >= 15 is 4.39 Å². The first-order chi connectivity index (χ1) is 17.3. The van der Waals surface area contributed by atoms with Gasteiger partial charge in [-0.1, -0.05) is 12.7 Å². The standard InChI is InChI=1S/C25H28FN5O5/c1-4-13-35-24(33)30-11-9-29(10-12-30)22-8-5-18(15-27-22)20-7-6-19(14-21(20)26)31-16-23(36-25(31)34)28(3)17(2)32/h4-8,14-15,23H,1,9-13,16H2,2-3H3/t23-/m0/s1. The number of piperazine rings is 1. The van der Waals surface area contributed by atoms with E-state index in [1.807, 2.05) is 11.0 Å². The molecule has 1 aromatic heterocycles. The Labute approximate surface area is 208 Å². The third kappa shape index (κ3) is 5.24. The summed E-state index contributed by atoms with van der Waals surface area (Å²) in [6, 6.07) is 8.09. The summed E-state index contributed by atoms with van der Waals surface area (Å²) in [5.41, 5.74) is 1.28. The molecule has 0 spiro atoms. The molecule has 190 valence electrons. The number of nitrogens with zero attached hydrogens (tertiary/aromatic N) is 5. The Morgan fingerprint density at radius 2 is 2.00 bits per heavy atom. The SMILES string of the molecule is C=CCOC(=O)N1CCN(c2ccc(-c3ccc(N4C[C@@H](N(C)C(C)=O)OC4=O)cc3F)cn2)CC1. The van der Waals surface area contributed by atoms with Gasteiger partial charge in [0.2, 0.25) is 5.91 Å². The molecular formula is C25H28FN5O5. The zero-order valence-corrected chi connectivity index (χ0v) is 20.2. The van der Waals surface area contributed by atoms with Gasteiger partial charge in [0.1, 0.15) is 18.2 Å². The van der Waals surface area contributed by atoms with Gasteiger partial charge >= 0.3 is 12.2 Å². The zero-order valence-electron chi connectivity index (χ0n) is 20.2. The Hall–Kier alpha value is -4.15. The van der Waals surface area contributed by atoms with Crippen molar-refractivity contribution in [1.29, 1.82) is 0 Å². The van der Waals surface area contributed by atoms with Crippen molar-refractivity contribution in [3.05, 3.63) is 55.0 Å². The number of carbonyl (C=O) groups excluding carboxylic acids is 3. The van der Waals surface area contributed by atoms with Crippen molar-refractivity contribution in [2.24, 2.45) is 0 Å². The lowest BCUT2D eigenvalue weighted by Gasteiger charge is -2.34. The van der Waals surface area contributed by atoms with E-state index in [9.17, 15) is 14.4 Å². The van der Waals surface area contributed by atoms with Crippen molar-refractivity contribution >= 4 is 29.6 Å². The lowest BCUT2D eigenvalue weighted by molar-refractivity contribution is -0.134. The van der Waals surface area contributed by atoms with Crippen LogP contribution >= 0.6 is 0 Å². The molecule has 0 aliphatic carbocycles. The van der Waals surface area contributed by atoms with Gasteiger partial charge in [-0.15, -0.1) is 0 Å². The number of cyclic esters (lactones) is 1. The largest absolute Gasteiger partial charge is 0.445 e. The van der Waals surface area contributed by atoms with Crippen molar-refractivity contribution in [3.8, 4) is 11.1 Å². The predicted molar refractivity (Wildman–Crippen MR) is 131 cm³/mol. The number of halogens is 1. The van der Waals surface area contributed by atoms with E-state index < -0.39 is 18.1 Å². The molecule has 3 amide bonds. The summed E-state index contributed by atoms with van der Waals surface area (Å²) in [6.07, 6.45) is 1.40. The Kier molecular flexibility index (Phi) is 7.37. The van der Waals surface area contributed by atoms with E-state index in [0.717, 1.165) is 5.82 Å². The fourth-order valence-electron chi connectivity index (χ4n) is 4.04.